The molecule has 3 heteroatoms. The molecule has 1 heterocycles. The van der Waals surface area contributed by atoms with Crippen molar-refractivity contribution in [3.63, 3.8) is 0 Å². The summed E-state index contributed by atoms with van der Waals surface area (Å²) < 4.78 is 0. The van der Waals surface area contributed by atoms with Crippen LogP contribution in [0.25, 0.3) is 0 Å². The third kappa shape index (κ3) is 4.06. The Morgan fingerprint density at radius 2 is 2.11 bits per heavy atom. The standard InChI is InChI=1S/C16H24N2O/c1-16(2,13-7-4-3-5-8-13)11-15(19)18-14-9-6-10-17-12-14/h3-5,7-8,14,17H,6,9-12H2,1-2H3,(H,18,19). The molecule has 1 atom stereocenters. The molecule has 0 radical (unpaired) electrons. The third-order valence-electron chi connectivity index (χ3n) is 3.82. The zero-order valence-electron chi connectivity index (χ0n) is 11.9. The van der Waals surface area contributed by atoms with Crippen LogP contribution in [0.3, 0.4) is 0 Å². The molecule has 1 amide bonds. The summed E-state index contributed by atoms with van der Waals surface area (Å²) in [6.07, 6.45) is 2.77. The van der Waals surface area contributed by atoms with Crippen LogP contribution in [0.4, 0.5) is 0 Å². The fourth-order valence-electron chi connectivity index (χ4n) is 2.65. The van der Waals surface area contributed by atoms with E-state index >= 15 is 0 Å². The molecule has 1 aliphatic heterocycles. The van der Waals surface area contributed by atoms with Gasteiger partial charge in [-0.1, -0.05) is 44.2 Å². The number of benzene rings is 1. The quantitative estimate of drug-likeness (QED) is 0.871. The monoisotopic (exact) mass is 260 g/mol. The zero-order chi connectivity index (χ0) is 13.7. The molecular weight excluding hydrogens is 236 g/mol. The van der Waals surface area contributed by atoms with Crippen LogP contribution < -0.4 is 10.6 Å². The van der Waals surface area contributed by atoms with E-state index in [-0.39, 0.29) is 11.3 Å². The van der Waals surface area contributed by atoms with Gasteiger partial charge in [-0.25, -0.2) is 0 Å². The number of piperidine rings is 1. The Hall–Kier alpha value is -1.35. The van der Waals surface area contributed by atoms with E-state index in [1.165, 1.54) is 5.56 Å². The molecule has 1 fully saturated rings. The lowest BCUT2D eigenvalue weighted by Crippen LogP contribution is -2.46. The number of hydrogen-bond donors (Lipinski definition) is 2. The summed E-state index contributed by atoms with van der Waals surface area (Å²) >= 11 is 0. The van der Waals surface area contributed by atoms with Gasteiger partial charge in [0.1, 0.15) is 0 Å². The molecule has 2 N–H and O–H groups in total. The first-order valence-corrected chi connectivity index (χ1v) is 7.13. The van der Waals surface area contributed by atoms with E-state index in [0.717, 1.165) is 25.9 Å². The Bertz CT molecular complexity index is 408. The highest BCUT2D eigenvalue weighted by molar-refractivity contribution is 5.77. The number of carbonyl (C=O) groups is 1. The van der Waals surface area contributed by atoms with Crippen molar-refractivity contribution in [2.75, 3.05) is 13.1 Å². The lowest BCUT2D eigenvalue weighted by molar-refractivity contribution is -0.122. The van der Waals surface area contributed by atoms with Gasteiger partial charge in [0.2, 0.25) is 5.91 Å². The first-order valence-electron chi connectivity index (χ1n) is 7.13. The molecular formula is C16H24N2O. The fraction of sp³-hybridized carbons (Fsp3) is 0.562. The maximum absolute atomic E-state index is 12.2. The van der Waals surface area contributed by atoms with E-state index in [9.17, 15) is 4.79 Å². The van der Waals surface area contributed by atoms with Gasteiger partial charge in [0.25, 0.3) is 0 Å². The van der Waals surface area contributed by atoms with E-state index in [0.29, 0.717) is 12.5 Å². The molecule has 2 rings (SSSR count). The van der Waals surface area contributed by atoms with Crippen LogP contribution in [-0.2, 0) is 10.2 Å². The summed E-state index contributed by atoms with van der Waals surface area (Å²) in [6, 6.07) is 10.5. The SMILES string of the molecule is CC(C)(CC(=O)NC1CCCNC1)c1ccccc1. The minimum absolute atomic E-state index is 0.118. The van der Waals surface area contributed by atoms with Crippen molar-refractivity contribution in [1.29, 1.82) is 0 Å². The van der Waals surface area contributed by atoms with Gasteiger partial charge in [-0.15, -0.1) is 0 Å². The fourth-order valence-corrected chi connectivity index (χ4v) is 2.65. The second-order valence-electron chi connectivity index (χ2n) is 6.04. The Labute approximate surface area is 115 Å². The molecule has 0 aliphatic carbocycles. The smallest absolute Gasteiger partial charge is 0.221 e. The van der Waals surface area contributed by atoms with Crippen molar-refractivity contribution >= 4 is 5.91 Å². The van der Waals surface area contributed by atoms with Gasteiger partial charge in [-0.05, 0) is 30.4 Å². The minimum Gasteiger partial charge on any atom is -0.352 e. The van der Waals surface area contributed by atoms with Crippen LogP contribution in [0, 0.1) is 0 Å². The second kappa shape index (κ2) is 6.20. The molecule has 1 unspecified atom stereocenters. The molecule has 104 valence electrons. The largest absolute Gasteiger partial charge is 0.352 e. The van der Waals surface area contributed by atoms with Gasteiger partial charge in [-0.2, -0.15) is 0 Å². The average Bonchev–Trinajstić information content (AvgIpc) is 2.40. The summed E-state index contributed by atoms with van der Waals surface area (Å²) in [4.78, 5) is 12.2. The van der Waals surface area contributed by atoms with E-state index in [2.05, 4.69) is 36.6 Å². The molecule has 0 bridgehead atoms. The maximum atomic E-state index is 12.2. The number of carbonyl (C=O) groups excluding carboxylic acids is 1. The van der Waals surface area contributed by atoms with Crippen LogP contribution in [0.15, 0.2) is 30.3 Å². The minimum atomic E-state index is -0.118. The van der Waals surface area contributed by atoms with Crippen LogP contribution in [0.2, 0.25) is 0 Å². The zero-order valence-corrected chi connectivity index (χ0v) is 11.9. The first-order chi connectivity index (χ1) is 9.08. The highest BCUT2D eigenvalue weighted by Gasteiger charge is 2.25. The Morgan fingerprint density at radius 1 is 1.37 bits per heavy atom. The second-order valence-corrected chi connectivity index (χ2v) is 6.04. The van der Waals surface area contributed by atoms with Gasteiger partial charge in [0.15, 0.2) is 0 Å². The van der Waals surface area contributed by atoms with E-state index in [4.69, 9.17) is 0 Å². The number of hydrogen-bond acceptors (Lipinski definition) is 2. The predicted octanol–water partition coefficient (Wildman–Crippen LogP) is 2.22. The molecule has 1 aromatic rings. The van der Waals surface area contributed by atoms with Crippen molar-refractivity contribution in [3.8, 4) is 0 Å². The predicted molar refractivity (Wildman–Crippen MR) is 78.1 cm³/mol. The van der Waals surface area contributed by atoms with Crippen LogP contribution >= 0.6 is 0 Å². The van der Waals surface area contributed by atoms with Crippen molar-refractivity contribution in [2.45, 2.75) is 44.6 Å². The molecule has 1 saturated heterocycles. The van der Waals surface area contributed by atoms with Crippen LogP contribution in [-0.4, -0.2) is 25.0 Å². The number of nitrogens with one attached hydrogen (secondary N) is 2. The van der Waals surface area contributed by atoms with E-state index in [1.54, 1.807) is 0 Å². The molecule has 0 saturated carbocycles. The Morgan fingerprint density at radius 3 is 2.74 bits per heavy atom. The lowest BCUT2D eigenvalue weighted by atomic mass is 9.81. The molecule has 19 heavy (non-hydrogen) atoms. The van der Waals surface area contributed by atoms with Crippen molar-refractivity contribution in [1.82, 2.24) is 10.6 Å². The normalized spacial score (nSPS) is 20.0. The first kappa shape index (κ1) is 14.1. The molecule has 3 nitrogen and oxygen atoms in total. The lowest BCUT2D eigenvalue weighted by Gasteiger charge is -2.28. The maximum Gasteiger partial charge on any atom is 0.221 e. The highest BCUT2D eigenvalue weighted by Crippen LogP contribution is 2.26. The van der Waals surface area contributed by atoms with Crippen molar-refractivity contribution in [2.24, 2.45) is 0 Å². The van der Waals surface area contributed by atoms with Gasteiger partial charge in [0.05, 0.1) is 0 Å². The van der Waals surface area contributed by atoms with Gasteiger partial charge < -0.3 is 10.6 Å². The summed E-state index contributed by atoms with van der Waals surface area (Å²) in [5.74, 6) is 0.155. The van der Waals surface area contributed by atoms with Gasteiger partial charge >= 0.3 is 0 Å². The van der Waals surface area contributed by atoms with Crippen LogP contribution in [0.1, 0.15) is 38.7 Å². The topological polar surface area (TPSA) is 41.1 Å². The number of amides is 1. The highest BCUT2D eigenvalue weighted by atomic mass is 16.1. The van der Waals surface area contributed by atoms with Gasteiger partial charge in [-0.3, -0.25) is 4.79 Å². The van der Waals surface area contributed by atoms with Crippen molar-refractivity contribution < 1.29 is 4.79 Å². The molecule has 0 spiro atoms. The molecule has 0 aromatic heterocycles. The van der Waals surface area contributed by atoms with Crippen molar-refractivity contribution in [3.05, 3.63) is 35.9 Å². The summed E-state index contributed by atoms with van der Waals surface area (Å²) in [7, 11) is 0. The van der Waals surface area contributed by atoms with E-state index in [1.807, 2.05) is 18.2 Å². The Balaban J connectivity index is 1.90. The Kier molecular flexibility index (Phi) is 4.59. The van der Waals surface area contributed by atoms with Crippen LogP contribution in [0.5, 0.6) is 0 Å². The van der Waals surface area contributed by atoms with Gasteiger partial charge in [0, 0.05) is 19.0 Å². The molecule has 1 aliphatic rings. The summed E-state index contributed by atoms with van der Waals surface area (Å²) in [5, 5.41) is 6.46. The summed E-state index contributed by atoms with van der Waals surface area (Å²) in [5.41, 5.74) is 1.10. The molecule has 1 aromatic carbocycles. The average molecular weight is 260 g/mol. The van der Waals surface area contributed by atoms with E-state index < -0.39 is 0 Å². The number of rotatable bonds is 4. The summed E-state index contributed by atoms with van der Waals surface area (Å²) in [6.45, 7) is 6.22. The third-order valence-corrected chi connectivity index (χ3v) is 3.82.